The van der Waals surface area contributed by atoms with E-state index in [1.54, 1.807) is 6.07 Å². The van der Waals surface area contributed by atoms with Gasteiger partial charge in [0.05, 0.1) is 11.3 Å². The highest BCUT2D eigenvalue weighted by molar-refractivity contribution is 7.99. The summed E-state index contributed by atoms with van der Waals surface area (Å²) in [6.07, 6.45) is 0. The Hall–Kier alpha value is -1.38. The summed E-state index contributed by atoms with van der Waals surface area (Å²) in [5.41, 5.74) is 7.83. The molecule has 1 aliphatic rings. The van der Waals surface area contributed by atoms with Gasteiger partial charge in [-0.2, -0.15) is 17.0 Å². The van der Waals surface area contributed by atoms with Gasteiger partial charge in [-0.15, -0.1) is 0 Å². The Kier molecular flexibility index (Phi) is 4.73. The third-order valence-electron chi connectivity index (χ3n) is 3.03. The molecule has 1 saturated heterocycles. The minimum Gasteiger partial charge on any atom is -0.398 e. The minimum absolute atomic E-state index is 0.536. The molecule has 0 aromatic heterocycles. The summed E-state index contributed by atoms with van der Waals surface area (Å²) in [5.74, 6) is 2.48. The Morgan fingerprint density at radius 1 is 1.39 bits per heavy atom. The van der Waals surface area contributed by atoms with Crippen molar-refractivity contribution in [2.45, 2.75) is 0 Å². The molecular formula is C13H18N4S. The fraction of sp³-hybridized carbons (Fsp3) is 0.462. The molecule has 5 heteroatoms. The van der Waals surface area contributed by atoms with Crippen molar-refractivity contribution >= 4 is 23.1 Å². The molecule has 0 unspecified atom stereocenters. The van der Waals surface area contributed by atoms with E-state index < -0.39 is 0 Å². The lowest BCUT2D eigenvalue weighted by Gasteiger charge is -2.26. The molecule has 1 aromatic rings. The van der Waals surface area contributed by atoms with Crippen molar-refractivity contribution in [3.8, 4) is 6.07 Å². The molecule has 2 rings (SSSR count). The van der Waals surface area contributed by atoms with Crippen LogP contribution in [0.1, 0.15) is 5.56 Å². The Labute approximate surface area is 112 Å². The molecular weight excluding hydrogens is 244 g/mol. The summed E-state index contributed by atoms with van der Waals surface area (Å²) < 4.78 is 0. The van der Waals surface area contributed by atoms with Crippen LogP contribution < -0.4 is 11.1 Å². The quantitative estimate of drug-likeness (QED) is 0.807. The number of thioether (sulfide) groups is 1. The van der Waals surface area contributed by atoms with Crippen molar-refractivity contribution in [3.05, 3.63) is 23.8 Å². The van der Waals surface area contributed by atoms with Crippen LogP contribution in [0, 0.1) is 11.3 Å². The van der Waals surface area contributed by atoms with Crippen LogP contribution >= 0.6 is 11.8 Å². The summed E-state index contributed by atoms with van der Waals surface area (Å²) in [7, 11) is 0. The van der Waals surface area contributed by atoms with Crippen LogP contribution in [-0.4, -0.2) is 42.6 Å². The first-order valence-electron chi connectivity index (χ1n) is 6.13. The molecule has 3 N–H and O–H groups in total. The molecule has 0 amide bonds. The van der Waals surface area contributed by atoms with E-state index in [0.717, 1.165) is 18.8 Å². The van der Waals surface area contributed by atoms with Crippen LogP contribution in [-0.2, 0) is 0 Å². The van der Waals surface area contributed by atoms with Gasteiger partial charge in [-0.25, -0.2) is 0 Å². The molecule has 18 heavy (non-hydrogen) atoms. The average molecular weight is 262 g/mol. The van der Waals surface area contributed by atoms with Crippen LogP contribution in [0.4, 0.5) is 11.4 Å². The van der Waals surface area contributed by atoms with E-state index in [4.69, 9.17) is 11.0 Å². The molecule has 1 fully saturated rings. The summed E-state index contributed by atoms with van der Waals surface area (Å²) in [4.78, 5) is 2.47. The SMILES string of the molecule is N#Cc1ccc(NCCN2CCSCC2)cc1N. The lowest BCUT2D eigenvalue weighted by atomic mass is 10.2. The van der Waals surface area contributed by atoms with Gasteiger partial charge < -0.3 is 11.1 Å². The summed E-state index contributed by atoms with van der Waals surface area (Å²) in [6.45, 7) is 4.33. The van der Waals surface area contributed by atoms with Crippen LogP contribution in [0.15, 0.2) is 18.2 Å². The molecule has 0 aliphatic carbocycles. The fourth-order valence-electron chi connectivity index (χ4n) is 1.96. The highest BCUT2D eigenvalue weighted by Gasteiger charge is 2.09. The van der Waals surface area contributed by atoms with E-state index in [2.05, 4.69) is 16.3 Å². The zero-order chi connectivity index (χ0) is 12.8. The molecule has 96 valence electrons. The highest BCUT2D eigenvalue weighted by atomic mass is 32.2. The molecule has 0 atom stereocenters. The average Bonchev–Trinajstić information content (AvgIpc) is 2.40. The van der Waals surface area contributed by atoms with E-state index >= 15 is 0 Å². The Morgan fingerprint density at radius 3 is 2.83 bits per heavy atom. The number of anilines is 2. The summed E-state index contributed by atoms with van der Waals surface area (Å²) in [6, 6.07) is 7.55. The van der Waals surface area contributed by atoms with Crippen LogP contribution in [0.25, 0.3) is 0 Å². The number of rotatable bonds is 4. The largest absolute Gasteiger partial charge is 0.398 e. The molecule has 1 aliphatic heterocycles. The predicted molar refractivity (Wildman–Crippen MR) is 77.8 cm³/mol. The van der Waals surface area contributed by atoms with Crippen molar-refractivity contribution in [1.82, 2.24) is 4.90 Å². The lowest BCUT2D eigenvalue weighted by Crippen LogP contribution is -2.36. The van der Waals surface area contributed by atoms with E-state index in [1.165, 1.54) is 24.6 Å². The van der Waals surface area contributed by atoms with Crippen molar-refractivity contribution in [3.63, 3.8) is 0 Å². The molecule has 0 radical (unpaired) electrons. The number of hydrogen-bond acceptors (Lipinski definition) is 5. The maximum absolute atomic E-state index is 8.80. The number of nitrogens with one attached hydrogen (secondary N) is 1. The van der Waals surface area contributed by atoms with Gasteiger partial charge in [0.2, 0.25) is 0 Å². The van der Waals surface area contributed by atoms with Gasteiger partial charge in [-0.3, -0.25) is 4.90 Å². The first-order chi connectivity index (χ1) is 8.79. The van der Waals surface area contributed by atoms with E-state index in [1.807, 2.05) is 23.9 Å². The number of nitrogen functional groups attached to an aromatic ring is 1. The Balaban J connectivity index is 1.79. The van der Waals surface area contributed by atoms with Crippen molar-refractivity contribution in [2.24, 2.45) is 0 Å². The summed E-state index contributed by atoms with van der Waals surface area (Å²) >= 11 is 2.03. The highest BCUT2D eigenvalue weighted by Crippen LogP contribution is 2.17. The second-order valence-electron chi connectivity index (χ2n) is 4.29. The maximum Gasteiger partial charge on any atom is 0.101 e. The maximum atomic E-state index is 8.80. The first kappa shape index (κ1) is 13.1. The zero-order valence-electron chi connectivity index (χ0n) is 10.4. The molecule has 0 bridgehead atoms. The Bertz CT molecular complexity index is 435. The van der Waals surface area contributed by atoms with Crippen molar-refractivity contribution in [2.75, 3.05) is 48.7 Å². The fourth-order valence-corrected chi connectivity index (χ4v) is 2.94. The second-order valence-corrected chi connectivity index (χ2v) is 5.52. The number of nitrogens with two attached hydrogens (primary N) is 1. The standard InChI is InChI=1S/C13H18N4S/c14-10-11-1-2-12(9-13(11)15)16-3-4-17-5-7-18-8-6-17/h1-2,9,16H,3-8,15H2. The van der Waals surface area contributed by atoms with Gasteiger partial charge in [0.25, 0.3) is 0 Å². The van der Waals surface area contributed by atoms with Gasteiger partial charge in [-0.05, 0) is 18.2 Å². The summed E-state index contributed by atoms with van der Waals surface area (Å²) in [5, 5.41) is 12.1. The molecule has 1 aromatic carbocycles. The normalized spacial score (nSPS) is 16.2. The number of nitrogens with zero attached hydrogens (tertiary/aromatic N) is 2. The van der Waals surface area contributed by atoms with Gasteiger partial charge >= 0.3 is 0 Å². The van der Waals surface area contributed by atoms with Crippen molar-refractivity contribution in [1.29, 1.82) is 5.26 Å². The number of nitriles is 1. The first-order valence-corrected chi connectivity index (χ1v) is 7.28. The van der Waals surface area contributed by atoms with Crippen LogP contribution in [0.3, 0.4) is 0 Å². The molecule has 0 spiro atoms. The molecule has 0 saturated carbocycles. The van der Waals surface area contributed by atoms with Gasteiger partial charge in [-0.1, -0.05) is 0 Å². The van der Waals surface area contributed by atoms with E-state index in [-0.39, 0.29) is 0 Å². The third kappa shape index (κ3) is 3.56. The van der Waals surface area contributed by atoms with Crippen LogP contribution in [0.2, 0.25) is 0 Å². The number of hydrogen-bond donors (Lipinski definition) is 2. The third-order valence-corrected chi connectivity index (χ3v) is 3.98. The zero-order valence-corrected chi connectivity index (χ0v) is 11.2. The topological polar surface area (TPSA) is 65.1 Å². The monoisotopic (exact) mass is 262 g/mol. The van der Waals surface area contributed by atoms with Crippen molar-refractivity contribution < 1.29 is 0 Å². The van der Waals surface area contributed by atoms with E-state index in [0.29, 0.717) is 11.3 Å². The van der Waals surface area contributed by atoms with Crippen LogP contribution in [0.5, 0.6) is 0 Å². The predicted octanol–water partition coefficient (Wildman–Crippen LogP) is 1.60. The molecule has 4 nitrogen and oxygen atoms in total. The smallest absolute Gasteiger partial charge is 0.101 e. The minimum atomic E-state index is 0.536. The second kappa shape index (κ2) is 6.53. The lowest BCUT2D eigenvalue weighted by molar-refractivity contribution is 0.314. The van der Waals surface area contributed by atoms with E-state index in [9.17, 15) is 0 Å². The van der Waals surface area contributed by atoms with Gasteiger partial charge in [0.15, 0.2) is 0 Å². The van der Waals surface area contributed by atoms with Gasteiger partial charge in [0, 0.05) is 43.4 Å². The van der Waals surface area contributed by atoms with Gasteiger partial charge in [0.1, 0.15) is 6.07 Å². The Morgan fingerprint density at radius 2 is 2.17 bits per heavy atom. The molecule has 1 heterocycles. The number of benzene rings is 1.